The largest absolute Gasteiger partial charge is 0.383 e. The third-order valence-electron chi connectivity index (χ3n) is 4.20. The highest BCUT2D eigenvalue weighted by atomic mass is 35.5. The molecule has 2 rings (SSSR count). The molecule has 25 heavy (non-hydrogen) atoms. The van der Waals surface area contributed by atoms with Crippen LogP contribution < -0.4 is 16.0 Å². The maximum absolute atomic E-state index is 12.5. The molecule has 0 saturated heterocycles. The first-order valence-corrected chi connectivity index (χ1v) is 9.08. The number of halogens is 1. The second-order valence-corrected chi connectivity index (χ2v) is 6.63. The quantitative estimate of drug-likeness (QED) is 0.617. The Bertz CT molecular complexity index is 589. The van der Waals surface area contributed by atoms with E-state index in [2.05, 4.69) is 16.0 Å². The fourth-order valence-corrected chi connectivity index (χ4v) is 3.07. The Balaban J connectivity index is 1.92. The first kappa shape index (κ1) is 19.7. The van der Waals surface area contributed by atoms with Crippen LogP contribution in [0.25, 0.3) is 0 Å². The molecule has 0 aliphatic heterocycles. The van der Waals surface area contributed by atoms with E-state index in [-0.39, 0.29) is 24.4 Å². The highest BCUT2D eigenvalue weighted by molar-refractivity contribution is 6.34. The van der Waals surface area contributed by atoms with Crippen molar-refractivity contribution in [2.75, 3.05) is 32.1 Å². The van der Waals surface area contributed by atoms with E-state index in [0.29, 0.717) is 29.4 Å². The lowest BCUT2D eigenvalue weighted by Gasteiger charge is -2.23. The smallest absolute Gasteiger partial charge is 0.253 e. The number of hydrogen-bond donors (Lipinski definition) is 3. The van der Waals surface area contributed by atoms with Gasteiger partial charge in [0.15, 0.2) is 0 Å². The van der Waals surface area contributed by atoms with Crippen LogP contribution in [0.3, 0.4) is 0 Å². The van der Waals surface area contributed by atoms with E-state index in [1.165, 1.54) is 6.42 Å². The summed E-state index contributed by atoms with van der Waals surface area (Å²) in [5.74, 6) is -0.372. The normalized spacial score (nSPS) is 15.0. The van der Waals surface area contributed by atoms with Crippen molar-refractivity contribution in [3.8, 4) is 0 Å². The zero-order chi connectivity index (χ0) is 18.1. The fourth-order valence-electron chi connectivity index (χ4n) is 2.87. The highest BCUT2D eigenvalue weighted by Crippen LogP contribution is 2.22. The molecule has 1 aromatic carbocycles. The molecule has 3 N–H and O–H groups in total. The van der Waals surface area contributed by atoms with E-state index in [9.17, 15) is 9.59 Å². The SMILES string of the molecule is COCCNCC(=O)Nc1ccc(Cl)c(C(=O)NC2CCCCC2)c1. The second-order valence-electron chi connectivity index (χ2n) is 6.22. The summed E-state index contributed by atoms with van der Waals surface area (Å²) in [6.45, 7) is 1.31. The van der Waals surface area contributed by atoms with Gasteiger partial charge in [-0.1, -0.05) is 30.9 Å². The molecule has 1 fully saturated rings. The lowest BCUT2D eigenvalue weighted by molar-refractivity contribution is -0.115. The van der Waals surface area contributed by atoms with Gasteiger partial charge < -0.3 is 20.7 Å². The van der Waals surface area contributed by atoms with Crippen LogP contribution in [0.1, 0.15) is 42.5 Å². The Hall–Kier alpha value is -1.63. The van der Waals surface area contributed by atoms with Gasteiger partial charge in [0.2, 0.25) is 5.91 Å². The number of rotatable bonds is 8. The summed E-state index contributed by atoms with van der Waals surface area (Å²) in [5, 5.41) is 9.15. The molecule has 1 saturated carbocycles. The van der Waals surface area contributed by atoms with E-state index < -0.39 is 0 Å². The number of carbonyl (C=O) groups is 2. The van der Waals surface area contributed by atoms with Crippen LogP contribution in [0.2, 0.25) is 5.02 Å². The summed E-state index contributed by atoms with van der Waals surface area (Å²) in [7, 11) is 1.61. The number of ether oxygens (including phenoxy) is 1. The molecule has 0 aromatic heterocycles. The van der Waals surface area contributed by atoms with Crippen molar-refractivity contribution in [3.05, 3.63) is 28.8 Å². The van der Waals surface area contributed by atoms with Crippen LogP contribution in [0.15, 0.2) is 18.2 Å². The average molecular weight is 368 g/mol. The van der Waals surface area contributed by atoms with E-state index in [1.807, 2.05) is 0 Å². The van der Waals surface area contributed by atoms with Gasteiger partial charge in [-0.15, -0.1) is 0 Å². The van der Waals surface area contributed by atoms with Crippen molar-refractivity contribution in [3.63, 3.8) is 0 Å². The van der Waals surface area contributed by atoms with Crippen LogP contribution in [-0.4, -0.2) is 44.7 Å². The predicted octanol–water partition coefficient (Wildman–Crippen LogP) is 2.58. The summed E-state index contributed by atoms with van der Waals surface area (Å²) < 4.78 is 4.91. The molecule has 6 nitrogen and oxygen atoms in total. The van der Waals surface area contributed by atoms with Gasteiger partial charge in [0.05, 0.1) is 23.7 Å². The van der Waals surface area contributed by atoms with Gasteiger partial charge in [0.25, 0.3) is 5.91 Å². The minimum atomic E-state index is -0.189. The predicted molar refractivity (Wildman–Crippen MR) is 99.2 cm³/mol. The third kappa shape index (κ3) is 6.65. The fraction of sp³-hybridized carbons (Fsp3) is 0.556. The molecule has 0 radical (unpaired) electrons. The van der Waals surface area contributed by atoms with Gasteiger partial charge in [-0.3, -0.25) is 9.59 Å². The molecule has 1 aliphatic rings. The van der Waals surface area contributed by atoms with Crippen molar-refractivity contribution in [2.24, 2.45) is 0 Å². The minimum Gasteiger partial charge on any atom is -0.383 e. The maximum Gasteiger partial charge on any atom is 0.253 e. The molecule has 0 atom stereocenters. The summed E-state index contributed by atoms with van der Waals surface area (Å²) >= 11 is 6.16. The number of hydrogen-bond acceptors (Lipinski definition) is 4. The zero-order valence-corrected chi connectivity index (χ0v) is 15.3. The van der Waals surface area contributed by atoms with Gasteiger partial charge >= 0.3 is 0 Å². The Morgan fingerprint density at radius 3 is 2.72 bits per heavy atom. The summed E-state index contributed by atoms with van der Waals surface area (Å²) in [4.78, 5) is 24.4. The van der Waals surface area contributed by atoms with E-state index in [0.717, 1.165) is 25.7 Å². The molecule has 0 bridgehead atoms. The van der Waals surface area contributed by atoms with Crippen molar-refractivity contribution < 1.29 is 14.3 Å². The van der Waals surface area contributed by atoms with Gasteiger partial charge in [-0.25, -0.2) is 0 Å². The topological polar surface area (TPSA) is 79.5 Å². The van der Waals surface area contributed by atoms with Gasteiger partial charge in [-0.2, -0.15) is 0 Å². The second kappa shape index (κ2) is 10.4. The van der Waals surface area contributed by atoms with E-state index >= 15 is 0 Å². The molecular weight excluding hydrogens is 342 g/mol. The Labute approximate surface area is 153 Å². The van der Waals surface area contributed by atoms with Crippen LogP contribution >= 0.6 is 11.6 Å². The van der Waals surface area contributed by atoms with Gasteiger partial charge in [0, 0.05) is 25.4 Å². The van der Waals surface area contributed by atoms with Crippen LogP contribution in [0.4, 0.5) is 5.69 Å². The summed E-state index contributed by atoms with van der Waals surface area (Å²) in [6, 6.07) is 5.14. The van der Waals surface area contributed by atoms with E-state index in [1.54, 1.807) is 25.3 Å². The van der Waals surface area contributed by atoms with Crippen LogP contribution in [-0.2, 0) is 9.53 Å². The Morgan fingerprint density at radius 1 is 1.24 bits per heavy atom. The highest BCUT2D eigenvalue weighted by Gasteiger charge is 2.18. The number of anilines is 1. The van der Waals surface area contributed by atoms with Crippen molar-refractivity contribution in [1.82, 2.24) is 10.6 Å². The number of benzene rings is 1. The van der Waals surface area contributed by atoms with Crippen molar-refractivity contribution >= 4 is 29.1 Å². The third-order valence-corrected chi connectivity index (χ3v) is 4.53. The number of methoxy groups -OCH3 is 1. The standard InChI is InChI=1S/C18H26ClN3O3/c1-25-10-9-20-12-17(23)21-14-7-8-16(19)15(11-14)18(24)22-13-5-3-2-4-6-13/h7-8,11,13,20H,2-6,9-10,12H2,1H3,(H,21,23)(H,22,24). The molecule has 1 aromatic rings. The van der Waals surface area contributed by atoms with Gasteiger partial charge in [0.1, 0.15) is 0 Å². The molecular formula is C18H26ClN3O3. The van der Waals surface area contributed by atoms with Crippen LogP contribution in [0, 0.1) is 0 Å². The minimum absolute atomic E-state index is 0.176. The van der Waals surface area contributed by atoms with Gasteiger partial charge in [-0.05, 0) is 31.0 Å². The van der Waals surface area contributed by atoms with Crippen LogP contribution in [0.5, 0.6) is 0 Å². The number of amides is 2. The number of carbonyl (C=O) groups excluding carboxylic acids is 2. The van der Waals surface area contributed by atoms with E-state index in [4.69, 9.17) is 16.3 Å². The molecule has 0 unspecified atom stereocenters. The summed E-state index contributed by atoms with van der Waals surface area (Å²) in [6.07, 6.45) is 5.53. The molecule has 138 valence electrons. The lowest BCUT2D eigenvalue weighted by atomic mass is 9.95. The first-order valence-electron chi connectivity index (χ1n) is 8.70. The molecule has 0 spiro atoms. The Morgan fingerprint density at radius 2 is 2.00 bits per heavy atom. The van der Waals surface area contributed by atoms with Crippen molar-refractivity contribution in [1.29, 1.82) is 0 Å². The molecule has 7 heteroatoms. The van der Waals surface area contributed by atoms with Crippen molar-refractivity contribution in [2.45, 2.75) is 38.1 Å². The summed E-state index contributed by atoms with van der Waals surface area (Å²) in [5.41, 5.74) is 0.939. The lowest BCUT2D eigenvalue weighted by Crippen LogP contribution is -2.36. The monoisotopic (exact) mass is 367 g/mol. The molecule has 0 heterocycles. The maximum atomic E-state index is 12.5. The average Bonchev–Trinajstić information content (AvgIpc) is 2.61. The zero-order valence-electron chi connectivity index (χ0n) is 14.6. The molecule has 2 amide bonds. The number of nitrogens with one attached hydrogen (secondary N) is 3. The Kier molecular flexibility index (Phi) is 8.18. The first-order chi connectivity index (χ1) is 12.1. The molecule has 1 aliphatic carbocycles.